The number of ether oxygens (including phenoxy) is 1. The van der Waals surface area contributed by atoms with E-state index in [0.29, 0.717) is 11.9 Å². The van der Waals surface area contributed by atoms with Gasteiger partial charge in [-0.2, -0.15) is 11.8 Å². The number of hydrogen-bond donors (Lipinski definition) is 1. The average molecular weight is 210 g/mol. The maximum Gasteiger partial charge on any atom is 0.237 e. The Balaban J connectivity index is 2.07. The first-order valence-electron chi connectivity index (χ1n) is 4.73. The van der Waals surface area contributed by atoms with Gasteiger partial charge in [-0.3, -0.25) is 0 Å². The highest BCUT2D eigenvalue weighted by molar-refractivity contribution is 7.99. The number of hydrogen-bond acceptors (Lipinski definition) is 4. The van der Waals surface area contributed by atoms with Gasteiger partial charge in [0, 0.05) is 18.0 Å². The number of rotatable bonds is 3. The van der Waals surface area contributed by atoms with Crippen LogP contribution in [-0.2, 0) is 0 Å². The number of anilines is 1. The maximum atomic E-state index is 5.18. The van der Waals surface area contributed by atoms with Crippen molar-refractivity contribution in [3.8, 4) is 5.88 Å². The molecule has 1 aromatic rings. The van der Waals surface area contributed by atoms with E-state index >= 15 is 0 Å². The first-order chi connectivity index (χ1) is 6.90. The van der Waals surface area contributed by atoms with Gasteiger partial charge in [0.05, 0.1) is 12.8 Å². The van der Waals surface area contributed by atoms with Crippen molar-refractivity contribution >= 4 is 17.4 Å². The van der Waals surface area contributed by atoms with Gasteiger partial charge < -0.3 is 10.1 Å². The lowest BCUT2D eigenvalue weighted by molar-refractivity contribution is 0.399. The number of pyridine rings is 1. The molecule has 0 radical (unpaired) electrons. The fourth-order valence-corrected chi connectivity index (χ4v) is 2.68. The summed E-state index contributed by atoms with van der Waals surface area (Å²) >= 11 is 1.99. The molecule has 0 bridgehead atoms. The van der Waals surface area contributed by atoms with Gasteiger partial charge in [0.2, 0.25) is 5.88 Å². The van der Waals surface area contributed by atoms with E-state index in [9.17, 15) is 0 Å². The first-order valence-corrected chi connectivity index (χ1v) is 5.89. The quantitative estimate of drug-likeness (QED) is 0.827. The molecule has 3 nitrogen and oxygen atoms in total. The molecule has 0 aliphatic carbocycles. The van der Waals surface area contributed by atoms with E-state index in [4.69, 9.17) is 4.74 Å². The third-order valence-electron chi connectivity index (χ3n) is 2.25. The molecule has 0 spiro atoms. The minimum Gasteiger partial charge on any atom is -0.480 e. The van der Waals surface area contributed by atoms with Crippen LogP contribution in [0.2, 0.25) is 0 Å². The number of thioether (sulfide) groups is 1. The Bertz CT molecular complexity index is 300. The van der Waals surface area contributed by atoms with Crippen LogP contribution in [0.5, 0.6) is 5.88 Å². The largest absolute Gasteiger partial charge is 0.480 e. The monoisotopic (exact) mass is 210 g/mol. The van der Waals surface area contributed by atoms with Gasteiger partial charge in [0.1, 0.15) is 0 Å². The van der Waals surface area contributed by atoms with Gasteiger partial charge >= 0.3 is 0 Å². The molecular weight excluding hydrogens is 196 g/mol. The summed E-state index contributed by atoms with van der Waals surface area (Å²) in [6.45, 7) is 0. The summed E-state index contributed by atoms with van der Waals surface area (Å²) < 4.78 is 5.18. The third kappa shape index (κ3) is 2.12. The Kier molecular flexibility index (Phi) is 3.14. The highest BCUT2D eigenvalue weighted by Crippen LogP contribution is 2.25. The van der Waals surface area contributed by atoms with Crippen LogP contribution in [0, 0.1) is 0 Å². The van der Waals surface area contributed by atoms with Gasteiger partial charge in [-0.25, -0.2) is 4.98 Å². The fourth-order valence-electron chi connectivity index (χ4n) is 1.53. The van der Waals surface area contributed by atoms with Crippen molar-refractivity contribution in [2.24, 2.45) is 0 Å². The van der Waals surface area contributed by atoms with Crippen LogP contribution < -0.4 is 10.1 Å². The molecule has 1 aliphatic heterocycles. The Hall–Kier alpha value is -0.900. The van der Waals surface area contributed by atoms with E-state index in [2.05, 4.69) is 10.3 Å². The van der Waals surface area contributed by atoms with Gasteiger partial charge in [-0.05, 0) is 24.3 Å². The van der Waals surface area contributed by atoms with Crippen LogP contribution in [0.25, 0.3) is 0 Å². The van der Waals surface area contributed by atoms with Gasteiger partial charge in [0.15, 0.2) is 0 Å². The van der Waals surface area contributed by atoms with Gasteiger partial charge in [0.25, 0.3) is 0 Å². The van der Waals surface area contributed by atoms with Crippen molar-refractivity contribution in [1.82, 2.24) is 4.98 Å². The molecule has 0 amide bonds. The van der Waals surface area contributed by atoms with Crippen molar-refractivity contribution in [2.45, 2.75) is 12.5 Å². The van der Waals surface area contributed by atoms with E-state index in [0.717, 1.165) is 5.69 Å². The van der Waals surface area contributed by atoms with Crippen LogP contribution in [-0.4, -0.2) is 29.6 Å². The molecule has 1 atom stereocenters. The fraction of sp³-hybridized carbons (Fsp3) is 0.500. The van der Waals surface area contributed by atoms with E-state index in [1.807, 2.05) is 23.9 Å². The summed E-state index contributed by atoms with van der Waals surface area (Å²) in [5.41, 5.74) is 1.00. The number of nitrogens with one attached hydrogen (secondary N) is 1. The second kappa shape index (κ2) is 4.55. The molecule has 76 valence electrons. The standard InChI is InChI=1S/C10H14N2OS/c1-13-10-9(3-2-5-11-10)12-8-4-6-14-7-8/h2-3,5,8,12H,4,6-7H2,1H3. The van der Waals surface area contributed by atoms with E-state index in [-0.39, 0.29) is 0 Å². The molecule has 1 unspecified atom stereocenters. The topological polar surface area (TPSA) is 34.1 Å². The molecule has 0 aromatic carbocycles. The average Bonchev–Trinajstić information content (AvgIpc) is 2.71. The molecule has 1 aromatic heterocycles. The van der Waals surface area contributed by atoms with E-state index in [1.54, 1.807) is 13.3 Å². The zero-order valence-electron chi connectivity index (χ0n) is 8.19. The minimum atomic E-state index is 0.568. The van der Waals surface area contributed by atoms with Crippen molar-refractivity contribution < 1.29 is 4.74 Å². The summed E-state index contributed by atoms with van der Waals surface area (Å²) in [7, 11) is 1.65. The van der Waals surface area contributed by atoms with E-state index < -0.39 is 0 Å². The predicted octanol–water partition coefficient (Wildman–Crippen LogP) is 2.01. The third-order valence-corrected chi connectivity index (χ3v) is 3.42. The lowest BCUT2D eigenvalue weighted by atomic mass is 10.2. The van der Waals surface area contributed by atoms with Crippen molar-refractivity contribution in [3.05, 3.63) is 18.3 Å². The van der Waals surface area contributed by atoms with Gasteiger partial charge in [-0.15, -0.1) is 0 Å². The van der Waals surface area contributed by atoms with Crippen LogP contribution >= 0.6 is 11.8 Å². The summed E-state index contributed by atoms with van der Waals surface area (Å²) in [4.78, 5) is 4.15. The first kappa shape index (κ1) is 9.65. The summed E-state index contributed by atoms with van der Waals surface area (Å²) in [5.74, 6) is 3.11. The van der Waals surface area contributed by atoms with Crippen LogP contribution in [0.4, 0.5) is 5.69 Å². The normalized spacial score (nSPS) is 20.8. The number of nitrogens with zero attached hydrogens (tertiary/aromatic N) is 1. The summed E-state index contributed by atoms with van der Waals surface area (Å²) in [6.07, 6.45) is 2.97. The molecule has 1 fully saturated rings. The number of methoxy groups -OCH3 is 1. The zero-order valence-corrected chi connectivity index (χ0v) is 9.01. The molecule has 4 heteroatoms. The van der Waals surface area contributed by atoms with Crippen LogP contribution in [0.3, 0.4) is 0 Å². The highest BCUT2D eigenvalue weighted by Gasteiger charge is 2.16. The molecule has 2 heterocycles. The van der Waals surface area contributed by atoms with Crippen LogP contribution in [0.15, 0.2) is 18.3 Å². The Morgan fingerprint density at radius 3 is 3.29 bits per heavy atom. The van der Waals surface area contributed by atoms with Crippen molar-refractivity contribution in [1.29, 1.82) is 0 Å². The van der Waals surface area contributed by atoms with Crippen LogP contribution in [0.1, 0.15) is 6.42 Å². The van der Waals surface area contributed by atoms with Crippen molar-refractivity contribution in [3.63, 3.8) is 0 Å². The number of aromatic nitrogens is 1. The molecule has 14 heavy (non-hydrogen) atoms. The van der Waals surface area contributed by atoms with Crippen molar-refractivity contribution in [2.75, 3.05) is 23.9 Å². The second-order valence-corrected chi connectivity index (χ2v) is 4.41. The molecule has 0 saturated carbocycles. The zero-order chi connectivity index (χ0) is 9.80. The van der Waals surface area contributed by atoms with E-state index in [1.165, 1.54) is 17.9 Å². The second-order valence-electron chi connectivity index (χ2n) is 3.27. The smallest absolute Gasteiger partial charge is 0.237 e. The minimum absolute atomic E-state index is 0.568. The Labute approximate surface area is 88.3 Å². The Morgan fingerprint density at radius 2 is 2.57 bits per heavy atom. The molecule has 2 rings (SSSR count). The molecule has 1 aliphatic rings. The molecule has 1 saturated heterocycles. The molecule has 1 N–H and O–H groups in total. The SMILES string of the molecule is COc1ncccc1NC1CCSC1. The lowest BCUT2D eigenvalue weighted by Crippen LogP contribution is -2.18. The predicted molar refractivity (Wildman–Crippen MR) is 60.1 cm³/mol. The van der Waals surface area contributed by atoms with Gasteiger partial charge in [-0.1, -0.05) is 0 Å². The maximum absolute atomic E-state index is 5.18. The molecular formula is C10H14N2OS. The summed E-state index contributed by atoms with van der Waals surface area (Å²) in [5, 5.41) is 3.45. The highest BCUT2D eigenvalue weighted by atomic mass is 32.2. The Morgan fingerprint density at radius 1 is 1.64 bits per heavy atom. The lowest BCUT2D eigenvalue weighted by Gasteiger charge is -2.14. The summed E-state index contributed by atoms with van der Waals surface area (Å²) in [6, 6.07) is 4.50.